The Morgan fingerprint density at radius 1 is 0.939 bits per heavy atom. The number of pyridine rings is 2. The van der Waals surface area contributed by atoms with Gasteiger partial charge in [-0.1, -0.05) is 24.3 Å². The van der Waals surface area contributed by atoms with Crippen molar-refractivity contribution < 1.29 is 9.18 Å². The van der Waals surface area contributed by atoms with Gasteiger partial charge < -0.3 is 4.57 Å². The predicted octanol–water partition coefficient (Wildman–Crippen LogP) is 5.51. The molecular formula is C25H18FN5OS. The van der Waals surface area contributed by atoms with Crippen LogP contribution in [0, 0.1) is 5.95 Å². The van der Waals surface area contributed by atoms with Gasteiger partial charge in [-0.25, -0.2) is 9.97 Å². The third kappa shape index (κ3) is 4.70. The largest absolute Gasteiger partial charge is 0.339 e. The Labute approximate surface area is 193 Å². The van der Waals surface area contributed by atoms with Gasteiger partial charge in [0.2, 0.25) is 5.95 Å². The SMILES string of the molecule is O=C(Nc1nc(-c2cccc(-c3ccccn3)c2)cs1)c1cccn1Cc1ccnc(F)c1. The Hall–Kier alpha value is -4.17. The third-order valence-electron chi connectivity index (χ3n) is 5.05. The Morgan fingerprint density at radius 3 is 2.64 bits per heavy atom. The molecule has 0 radical (unpaired) electrons. The lowest BCUT2D eigenvalue weighted by Crippen LogP contribution is -2.17. The Morgan fingerprint density at radius 2 is 1.82 bits per heavy atom. The predicted molar refractivity (Wildman–Crippen MR) is 126 cm³/mol. The highest BCUT2D eigenvalue weighted by Gasteiger charge is 2.14. The van der Waals surface area contributed by atoms with Crippen LogP contribution in [0.4, 0.5) is 9.52 Å². The second-order valence-corrected chi connectivity index (χ2v) is 8.15. The molecule has 4 aromatic heterocycles. The van der Waals surface area contributed by atoms with E-state index in [1.165, 1.54) is 23.6 Å². The van der Waals surface area contributed by atoms with Crippen LogP contribution in [0.1, 0.15) is 16.1 Å². The topological polar surface area (TPSA) is 72.7 Å². The minimum Gasteiger partial charge on any atom is -0.339 e. The number of carbonyl (C=O) groups excluding carboxylic acids is 1. The first-order valence-corrected chi connectivity index (χ1v) is 11.1. The number of nitrogens with one attached hydrogen (secondary N) is 1. The van der Waals surface area contributed by atoms with Gasteiger partial charge in [0.25, 0.3) is 5.91 Å². The van der Waals surface area contributed by atoms with E-state index in [9.17, 15) is 9.18 Å². The Bertz CT molecular complexity index is 1410. The van der Waals surface area contributed by atoms with E-state index in [2.05, 4.69) is 20.3 Å². The fraction of sp³-hybridized carbons (Fsp3) is 0.0400. The maximum absolute atomic E-state index is 13.4. The summed E-state index contributed by atoms with van der Waals surface area (Å²) in [6, 6.07) is 20.3. The summed E-state index contributed by atoms with van der Waals surface area (Å²) in [5, 5.41) is 5.28. The van der Waals surface area contributed by atoms with Gasteiger partial charge in [-0.15, -0.1) is 11.3 Å². The van der Waals surface area contributed by atoms with Crippen molar-refractivity contribution in [1.29, 1.82) is 0 Å². The molecule has 0 spiro atoms. The molecule has 4 heterocycles. The standard InChI is InChI=1S/C25H18FN5OS/c26-23-13-17(9-11-28-23)15-31-12-4-8-22(31)24(32)30-25-29-21(16-33-25)19-6-3-5-18(14-19)20-7-1-2-10-27-20/h1-14,16H,15H2,(H,29,30,32). The molecule has 0 bridgehead atoms. The number of anilines is 1. The van der Waals surface area contributed by atoms with Crippen LogP contribution >= 0.6 is 11.3 Å². The number of thiazole rings is 1. The van der Waals surface area contributed by atoms with Crippen molar-refractivity contribution in [2.24, 2.45) is 0 Å². The van der Waals surface area contributed by atoms with Crippen LogP contribution in [0.3, 0.4) is 0 Å². The molecule has 0 saturated carbocycles. The quantitative estimate of drug-likeness (QED) is 0.343. The minimum absolute atomic E-state index is 0.280. The average molecular weight is 456 g/mol. The molecule has 8 heteroatoms. The molecule has 0 unspecified atom stereocenters. The lowest BCUT2D eigenvalue weighted by atomic mass is 10.1. The minimum atomic E-state index is -0.548. The van der Waals surface area contributed by atoms with Gasteiger partial charge >= 0.3 is 0 Å². The van der Waals surface area contributed by atoms with Crippen molar-refractivity contribution in [2.75, 3.05) is 5.32 Å². The first-order valence-electron chi connectivity index (χ1n) is 10.2. The Balaban J connectivity index is 1.32. The van der Waals surface area contributed by atoms with Gasteiger partial charge in [-0.3, -0.25) is 15.1 Å². The van der Waals surface area contributed by atoms with Crippen LogP contribution < -0.4 is 5.32 Å². The van der Waals surface area contributed by atoms with Crippen LogP contribution in [0.15, 0.2) is 90.7 Å². The molecule has 0 saturated heterocycles. The zero-order valence-corrected chi connectivity index (χ0v) is 18.2. The molecule has 5 aromatic rings. The highest BCUT2D eigenvalue weighted by molar-refractivity contribution is 7.14. The molecular weight excluding hydrogens is 437 g/mol. The van der Waals surface area contributed by atoms with E-state index >= 15 is 0 Å². The van der Waals surface area contributed by atoms with Crippen LogP contribution in [0.2, 0.25) is 0 Å². The van der Waals surface area contributed by atoms with Crippen LogP contribution in [0.5, 0.6) is 0 Å². The molecule has 1 aromatic carbocycles. The van der Waals surface area contributed by atoms with Crippen LogP contribution in [-0.2, 0) is 6.54 Å². The van der Waals surface area contributed by atoms with Crippen molar-refractivity contribution in [3.63, 3.8) is 0 Å². The molecule has 6 nitrogen and oxygen atoms in total. The molecule has 0 aliphatic carbocycles. The number of aromatic nitrogens is 4. The van der Waals surface area contributed by atoms with Crippen molar-refractivity contribution in [3.05, 3.63) is 108 Å². The van der Waals surface area contributed by atoms with Crippen molar-refractivity contribution in [3.8, 4) is 22.5 Å². The highest BCUT2D eigenvalue weighted by atomic mass is 32.1. The average Bonchev–Trinajstić information content (AvgIpc) is 3.50. The van der Waals surface area contributed by atoms with E-state index in [1.54, 1.807) is 35.2 Å². The van der Waals surface area contributed by atoms with E-state index in [1.807, 2.05) is 47.8 Å². The number of hydrogen-bond donors (Lipinski definition) is 1. The highest BCUT2D eigenvalue weighted by Crippen LogP contribution is 2.28. The molecule has 1 N–H and O–H groups in total. The van der Waals surface area contributed by atoms with Crippen molar-refractivity contribution in [1.82, 2.24) is 19.5 Å². The molecule has 162 valence electrons. The fourth-order valence-electron chi connectivity index (χ4n) is 3.49. The molecule has 33 heavy (non-hydrogen) atoms. The van der Waals surface area contributed by atoms with Gasteiger partial charge in [0.1, 0.15) is 5.69 Å². The number of hydrogen-bond acceptors (Lipinski definition) is 5. The molecule has 5 rings (SSSR count). The number of carbonyl (C=O) groups is 1. The summed E-state index contributed by atoms with van der Waals surface area (Å²) in [7, 11) is 0. The van der Waals surface area contributed by atoms with Gasteiger partial charge in [-0.2, -0.15) is 4.39 Å². The number of halogens is 1. The van der Waals surface area contributed by atoms with Crippen LogP contribution in [-0.4, -0.2) is 25.4 Å². The first kappa shape index (κ1) is 20.7. The summed E-state index contributed by atoms with van der Waals surface area (Å²) in [4.78, 5) is 25.4. The van der Waals surface area contributed by atoms with E-state index in [0.717, 1.165) is 28.1 Å². The van der Waals surface area contributed by atoms with E-state index in [0.29, 0.717) is 17.4 Å². The van der Waals surface area contributed by atoms with Gasteiger partial charge in [0, 0.05) is 41.6 Å². The van der Waals surface area contributed by atoms with Gasteiger partial charge in [0.15, 0.2) is 5.13 Å². The maximum atomic E-state index is 13.4. The zero-order valence-electron chi connectivity index (χ0n) is 17.4. The van der Waals surface area contributed by atoms with Crippen molar-refractivity contribution in [2.45, 2.75) is 6.54 Å². The normalized spacial score (nSPS) is 10.8. The third-order valence-corrected chi connectivity index (χ3v) is 5.81. The number of benzene rings is 1. The monoisotopic (exact) mass is 455 g/mol. The second-order valence-electron chi connectivity index (χ2n) is 7.30. The molecule has 0 aliphatic heterocycles. The summed E-state index contributed by atoms with van der Waals surface area (Å²) in [6.45, 7) is 0.360. The second kappa shape index (κ2) is 9.13. The number of rotatable bonds is 6. The summed E-state index contributed by atoms with van der Waals surface area (Å²) in [5.41, 5.74) is 4.78. The first-order chi connectivity index (χ1) is 16.2. The van der Waals surface area contributed by atoms with E-state index in [4.69, 9.17) is 0 Å². The number of amides is 1. The van der Waals surface area contributed by atoms with E-state index < -0.39 is 5.95 Å². The lowest BCUT2D eigenvalue weighted by molar-refractivity contribution is 0.101. The molecule has 1 amide bonds. The van der Waals surface area contributed by atoms with E-state index in [-0.39, 0.29) is 5.91 Å². The zero-order chi connectivity index (χ0) is 22.6. The smallest absolute Gasteiger partial charge is 0.274 e. The molecule has 0 fully saturated rings. The lowest BCUT2D eigenvalue weighted by Gasteiger charge is -2.09. The maximum Gasteiger partial charge on any atom is 0.274 e. The number of nitrogens with zero attached hydrogens (tertiary/aromatic N) is 4. The fourth-order valence-corrected chi connectivity index (χ4v) is 4.21. The summed E-state index contributed by atoms with van der Waals surface area (Å²) in [5.74, 6) is -0.828. The summed E-state index contributed by atoms with van der Waals surface area (Å²) < 4.78 is 15.2. The molecule has 0 aliphatic rings. The summed E-state index contributed by atoms with van der Waals surface area (Å²) >= 11 is 1.36. The van der Waals surface area contributed by atoms with Gasteiger partial charge in [-0.05, 0) is 48.0 Å². The molecule has 0 atom stereocenters. The van der Waals surface area contributed by atoms with Crippen molar-refractivity contribution >= 4 is 22.4 Å². The van der Waals surface area contributed by atoms with Gasteiger partial charge in [0.05, 0.1) is 11.4 Å². The summed E-state index contributed by atoms with van der Waals surface area (Å²) in [6.07, 6.45) is 4.96. The Kier molecular flexibility index (Phi) is 5.73. The van der Waals surface area contributed by atoms with Crippen LogP contribution in [0.25, 0.3) is 22.5 Å².